The molecule has 0 aromatic heterocycles. The van der Waals surface area contributed by atoms with Gasteiger partial charge in [-0.1, -0.05) is 184 Å². The van der Waals surface area contributed by atoms with Gasteiger partial charge in [-0.15, -0.1) is 0 Å². The van der Waals surface area contributed by atoms with Gasteiger partial charge in [-0.05, 0) is 77.0 Å². The van der Waals surface area contributed by atoms with E-state index in [1.54, 1.807) is 0 Å². The molecule has 0 aliphatic rings. The molecule has 0 heterocycles. The van der Waals surface area contributed by atoms with Crippen molar-refractivity contribution in [3.63, 3.8) is 0 Å². The zero-order chi connectivity index (χ0) is 38.0. The van der Waals surface area contributed by atoms with Crippen molar-refractivity contribution in [3.8, 4) is 0 Å². The van der Waals surface area contributed by atoms with Crippen molar-refractivity contribution in [1.29, 1.82) is 0 Å². The minimum absolute atomic E-state index is 0.160. The molecule has 0 radical (unpaired) electrons. The fourth-order valence-electron chi connectivity index (χ4n) is 6.69. The van der Waals surface area contributed by atoms with Gasteiger partial charge in [0, 0.05) is 6.42 Å². The Morgan fingerprint density at radius 1 is 0.500 bits per heavy atom. The van der Waals surface area contributed by atoms with E-state index < -0.39 is 18.2 Å². The average molecular weight is 730 g/mol. The highest BCUT2D eigenvalue weighted by Crippen LogP contribution is 2.15. The lowest BCUT2D eigenvalue weighted by atomic mass is 10.0. The minimum atomic E-state index is -1.17. The van der Waals surface area contributed by atoms with Crippen LogP contribution in [-0.4, -0.2) is 46.1 Å². The number of unbranched alkanes of at least 4 members (excludes halogenated alkanes) is 24. The lowest BCUT2D eigenvalue weighted by molar-refractivity contribution is -0.124. The molecule has 304 valence electrons. The quantitative estimate of drug-likeness (QED) is 0.0373. The van der Waals surface area contributed by atoms with E-state index in [1.807, 2.05) is 0 Å². The van der Waals surface area contributed by atoms with Crippen molar-refractivity contribution in [3.05, 3.63) is 48.6 Å². The zero-order valence-corrected chi connectivity index (χ0v) is 34.4. The van der Waals surface area contributed by atoms with Crippen molar-refractivity contribution >= 4 is 5.91 Å². The van der Waals surface area contributed by atoms with Crippen molar-refractivity contribution < 1.29 is 20.1 Å². The predicted octanol–water partition coefficient (Wildman–Crippen LogP) is 12.9. The van der Waals surface area contributed by atoms with Gasteiger partial charge in [0.15, 0.2) is 0 Å². The number of carbonyl (C=O) groups excluding carboxylic acids is 1. The molecule has 52 heavy (non-hydrogen) atoms. The molecule has 0 fully saturated rings. The summed E-state index contributed by atoms with van der Waals surface area (Å²) in [6, 6.07) is -0.832. The van der Waals surface area contributed by atoms with Crippen LogP contribution >= 0.6 is 0 Å². The van der Waals surface area contributed by atoms with Crippen molar-refractivity contribution in [2.45, 2.75) is 238 Å². The summed E-state index contributed by atoms with van der Waals surface area (Å²) in [5, 5.41) is 33.5. The molecule has 0 saturated carbocycles. The van der Waals surface area contributed by atoms with E-state index in [0.717, 1.165) is 57.8 Å². The number of allylic oxidation sites excluding steroid dienone is 8. The van der Waals surface area contributed by atoms with Crippen LogP contribution in [-0.2, 0) is 4.79 Å². The van der Waals surface area contributed by atoms with Gasteiger partial charge >= 0.3 is 0 Å². The van der Waals surface area contributed by atoms with Crippen LogP contribution in [0.3, 0.4) is 0 Å². The molecule has 5 heteroatoms. The Balaban J connectivity index is 3.67. The molecule has 0 rings (SSSR count). The third-order valence-electron chi connectivity index (χ3n) is 10.1. The Morgan fingerprint density at radius 3 is 1.38 bits per heavy atom. The second-order valence-corrected chi connectivity index (χ2v) is 15.2. The number of rotatable bonds is 40. The molecule has 0 aromatic carbocycles. The smallest absolute Gasteiger partial charge is 0.220 e. The molecular weight excluding hydrogens is 643 g/mol. The Morgan fingerprint density at radius 2 is 0.904 bits per heavy atom. The first-order valence-electron chi connectivity index (χ1n) is 22.4. The topological polar surface area (TPSA) is 89.8 Å². The van der Waals surface area contributed by atoms with E-state index >= 15 is 0 Å². The molecule has 0 aromatic rings. The Labute approximate surface area is 323 Å². The van der Waals surface area contributed by atoms with Crippen LogP contribution in [0.5, 0.6) is 0 Å². The Kier molecular flexibility index (Phi) is 40.7. The molecular formula is C47H87NO4. The van der Waals surface area contributed by atoms with Crippen molar-refractivity contribution in [2.24, 2.45) is 0 Å². The maximum absolute atomic E-state index is 12.4. The van der Waals surface area contributed by atoms with E-state index in [1.165, 1.54) is 135 Å². The Hall–Kier alpha value is -1.69. The summed E-state index contributed by atoms with van der Waals surface area (Å²) < 4.78 is 0. The van der Waals surface area contributed by atoms with Crippen LogP contribution in [0.2, 0.25) is 0 Å². The summed E-state index contributed by atoms with van der Waals surface area (Å²) in [4.78, 5) is 12.4. The first-order chi connectivity index (χ1) is 25.6. The molecule has 0 saturated heterocycles. The third-order valence-corrected chi connectivity index (χ3v) is 10.1. The van der Waals surface area contributed by atoms with Gasteiger partial charge in [0.1, 0.15) is 6.10 Å². The van der Waals surface area contributed by atoms with Crippen LogP contribution in [0, 0.1) is 0 Å². The molecule has 0 aliphatic heterocycles. The van der Waals surface area contributed by atoms with Gasteiger partial charge in [0.25, 0.3) is 0 Å². The van der Waals surface area contributed by atoms with Crippen molar-refractivity contribution in [1.82, 2.24) is 5.32 Å². The second kappa shape index (κ2) is 42.1. The summed E-state index contributed by atoms with van der Waals surface area (Å²) >= 11 is 0. The fraction of sp³-hybridized carbons (Fsp3) is 0.809. The summed E-state index contributed by atoms with van der Waals surface area (Å²) in [6.45, 7) is 4.06. The number of aliphatic hydroxyl groups excluding tert-OH is 3. The number of carbonyl (C=O) groups is 1. The highest BCUT2D eigenvalue weighted by Gasteiger charge is 2.26. The highest BCUT2D eigenvalue weighted by molar-refractivity contribution is 5.76. The number of hydrogen-bond donors (Lipinski definition) is 4. The summed E-state index contributed by atoms with van der Waals surface area (Å²) in [5.41, 5.74) is 0. The van der Waals surface area contributed by atoms with E-state index in [9.17, 15) is 20.1 Å². The van der Waals surface area contributed by atoms with Crippen LogP contribution in [0.15, 0.2) is 48.6 Å². The van der Waals surface area contributed by atoms with Gasteiger partial charge in [-0.2, -0.15) is 0 Å². The maximum atomic E-state index is 12.4. The monoisotopic (exact) mass is 730 g/mol. The zero-order valence-electron chi connectivity index (χ0n) is 34.4. The van der Waals surface area contributed by atoms with Gasteiger partial charge < -0.3 is 20.6 Å². The SMILES string of the molecule is CC/C=C\C/C=C\CCCCCCCCCCCCCCCCC(=O)NC(CO)C(O)C(O)CCC/C=C/CC/C=C/CCCCCCCCCC. The fourth-order valence-corrected chi connectivity index (χ4v) is 6.69. The van der Waals surface area contributed by atoms with Crippen LogP contribution in [0.1, 0.15) is 219 Å². The molecule has 0 spiro atoms. The average Bonchev–Trinajstić information content (AvgIpc) is 3.15. The lowest BCUT2D eigenvalue weighted by Crippen LogP contribution is -2.50. The van der Waals surface area contributed by atoms with E-state index in [-0.39, 0.29) is 12.5 Å². The number of nitrogens with one attached hydrogen (secondary N) is 1. The number of amides is 1. The maximum Gasteiger partial charge on any atom is 0.220 e. The van der Waals surface area contributed by atoms with Crippen molar-refractivity contribution in [2.75, 3.05) is 6.61 Å². The third kappa shape index (κ3) is 36.7. The van der Waals surface area contributed by atoms with E-state index in [0.29, 0.717) is 12.8 Å². The lowest BCUT2D eigenvalue weighted by Gasteiger charge is -2.26. The largest absolute Gasteiger partial charge is 0.394 e. The van der Waals surface area contributed by atoms with Crippen LogP contribution < -0.4 is 5.32 Å². The molecule has 5 nitrogen and oxygen atoms in total. The number of aliphatic hydroxyl groups is 3. The van der Waals surface area contributed by atoms with Gasteiger partial charge in [-0.25, -0.2) is 0 Å². The summed E-state index contributed by atoms with van der Waals surface area (Å²) in [7, 11) is 0. The molecule has 1 amide bonds. The summed E-state index contributed by atoms with van der Waals surface area (Å²) in [5.74, 6) is -0.160. The minimum Gasteiger partial charge on any atom is -0.394 e. The Bertz CT molecular complexity index is 850. The molecule has 3 atom stereocenters. The first kappa shape index (κ1) is 50.3. The van der Waals surface area contributed by atoms with E-state index in [2.05, 4.69) is 67.8 Å². The van der Waals surface area contributed by atoms with Gasteiger partial charge in [0.2, 0.25) is 5.91 Å². The standard InChI is InChI=1S/C47H87NO4/c1-3-5-7-9-11-13-15-17-19-21-22-23-24-26-28-30-32-34-36-38-40-42-46(51)48-44(43-49)47(52)45(50)41-39-37-35-33-31-29-27-25-20-18-16-14-12-10-8-6-4-2/h5,7,11,13,25,27,33,35,44-45,47,49-50,52H,3-4,6,8-10,12,14-24,26,28-32,34,36-43H2,1-2H3,(H,48,51)/b7-5-,13-11-,27-25+,35-33+. The molecule has 4 N–H and O–H groups in total. The van der Waals surface area contributed by atoms with Crippen LogP contribution in [0.4, 0.5) is 0 Å². The summed E-state index contributed by atoms with van der Waals surface area (Å²) in [6.07, 6.45) is 53.6. The molecule has 0 aliphatic carbocycles. The van der Waals surface area contributed by atoms with E-state index in [4.69, 9.17) is 0 Å². The number of hydrogen-bond acceptors (Lipinski definition) is 4. The van der Waals surface area contributed by atoms with Crippen LogP contribution in [0.25, 0.3) is 0 Å². The molecule has 0 bridgehead atoms. The predicted molar refractivity (Wildman–Crippen MR) is 227 cm³/mol. The van der Waals surface area contributed by atoms with Gasteiger partial charge in [-0.3, -0.25) is 4.79 Å². The second-order valence-electron chi connectivity index (χ2n) is 15.2. The normalized spacial score (nSPS) is 14.0. The molecule has 3 unspecified atom stereocenters. The van der Waals surface area contributed by atoms with Gasteiger partial charge in [0.05, 0.1) is 18.8 Å². The highest BCUT2D eigenvalue weighted by atomic mass is 16.3. The first-order valence-corrected chi connectivity index (χ1v) is 22.4.